The van der Waals surface area contributed by atoms with Gasteiger partial charge in [0.2, 0.25) is 0 Å². The molecule has 6 nitrogen and oxygen atoms in total. The first kappa shape index (κ1) is 21.2. The van der Waals surface area contributed by atoms with Gasteiger partial charge in [-0.15, -0.1) is 0 Å². The average Bonchev–Trinajstić information content (AvgIpc) is 2.67. The fourth-order valence-corrected chi connectivity index (χ4v) is 3.56. The molecule has 0 atom stereocenters. The van der Waals surface area contributed by atoms with Crippen LogP contribution in [-0.4, -0.2) is 26.4 Å². The Morgan fingerprint density at radius 2 is 1.60 bits per heavy atom. The van der Waals surface area contributed by atoms with E-state index < -0.39 is 17.3 Å². The molecule has 0 spiro atoms. The molecule has 1 aromatic heterocycles. The molecule has 1 heterocycles. The molecule has 0 radical (unpaired) electrons. The van der Waals surface area contributed by atoms with Crippen molar-refractivity contribution in [3.05, 3.63) is 97.9 Å². The van der Waals surface area contributed by atoms with Crippen LogP contribution in [0, 0.1) is 25.5 Å². The van der Waals surface area contributed by atoms with Crippen LogP contribution in [0.1, 0.15) is 22.3 Å². The summed E-state index contributed by atoms with van der Waals surface area (Å²) in [5.74, 6) is -1.83. The zero-order valence-corrected chi connectivity index (χ0v) is 16.7. The van der Waals surface area contributed by atoms with E-state index in [1.165, 1.54) is 22.9 Å². The third-order valence-corrected chi connectivity index (χ3v) is 4.71. The number of aromatic nitrogens is 1. The summed E-state index contributed by atoms with van der Waals surface area (Å²) in [7, 11) is 0. The lowest BCUT2D eigenvalue weighted by molar-refractivity contribution is 0.314. The van der Waals surface area contributed by atoms with Crippen LogP contribution in [-0.2, 0) is 0 Å². The topological polar surface area (TPSA) is 87.2 Å². The number of rotatable bonds is 4. The van der Waals surface area contributed by atoms with Gasteiger partial charge >= 0.3 is 0 Å². The van der Waals surface area contributed by atoms with Gasteiger partial charge in [0.15, 0.2) is 0 Å². The van der Waals surface area contributed by atoms with Gasteiger partial charge in [0.25, 0.3) is 5.56 Å². The zero-order valence-electron chi connectivity index (χ0n) is 15.9. The van der Waals surface area contributed by atoms with E-state index in [0.717, 1.165) is 23.3 Å². The molecule has 0 fully saturated rings. The second-order valence-corrected chi connectivity index (χ2v) is 6.97. The number of nitrogens with zero attached hydrogens (tertiary/aromatic N) is 3. The van der Waals surface area contributed by atoms with Gasteiger partial charge in [-0.05, 0) is 55.3 Å². The summed E-state index contributed by atoms with van der Waals surface area (Å²) in [6.07, 6.45) is 1.37. The van der Waals surface area contributed by atoms with Gasteiger partial charge in [-0.2, -0.15) is 0 Å². The Balaban J connectivity index is 2.18. The molecule has 0 unspecified atom stereocenters. The van der Waals surface area contributed by atoms with Gasteiger partial charge in [-0.3, -0.25) is 9.36 Å². The van der Waals surface area contributed by atoms with Crippen LogP contribution >= 0.6 is 11.6 Å². The summed E-state index contributed by atoms with van der Waals surface area (Å²) in [4.78, 5) is 12.5. The van der Waals surface area contributed by atoms with Gasteiger partial charge in [-0.25, -0.2) is 8.78 Å². The lowest BCUT2D eigenvalue weighted by atomic mass is 10.00. The largest absolute Gasteiger partial charge is 0.410 e. The normalized spacial score (nSPS) is 12.3. The second kappa shape index (κ2) is 8.46. The van der Waals surface area contributed by atoms with Crippen molar-refractivity contribution in [1.29, 1.82) is 0 Å². The Bertz CT molecular complexity index is 1230. The Morgan fingerprint density at radius 3 is 2.17 bits per heavy atom. The van der Waals surface area contributed by atoms with E-state index >= 15 is 0 Å². The van der Waals surface area contributed by atoms with Crippen molar-refractivity contribution in [2.24, 2.45) is 10.3 Å². The number of oxime groups is 2. The van der Waals surface area contributed by atoms with Gasteiger partial charge in [0, 0.05) is 34.5 Å². The number of hydrogen-bond donors (Lipinski definition) is 2. The first-order chi connectivity index (χ1) is 14.3. The molecule has 30 heavy (non-hydrogen) atoms. The molecule has 3 rings (SSSR count). The number of pyridine rings is 1. The predicted molar refractivity (Wildman–Crippen MR) is 110 cm³/mol. The quantitative estimate of drug-likeness (QED) is 0.363. The molecule has 0 amide bonds. The van der Waals surface area contributed by atoms with Crippen LogP contribution in [0.5, 0.6) is 0 Å². The molecule has 0 bridgehead atoms. The molecule has 9 heteroatoms. The van der Waals surface area contributed by atoms with Crippen molar-refractivity contribution in [2.45, 2.75) is 13.8 Å². The highest BCUT2D eigenvalue weighted by Gasteiger charge is 2.21. The fraction of sp³-hybridized carbons (Fsp3) is 0.0952. The molecular formula is C21H16ClF2N3O3. The van der Waals surface area contributed by atoms with E-state index in [-0.39, 0.29) is 22.4 Å². The number of halogens is 3. The third kappa shape index (κ3) is 3.95. The number of hydrogen-bond acceptors (Lipinski definition) is 5. The predicted octanol–water partition coefficient (Wildman–Crippen LogP) is 4.44. The van der Waals surface area contributed by atoms with E-state index in [1.54, 1.807) is 26.0 Å². The summed E-state index contributed by atoms with van der Waals surface area (Å²) in [5.41, 5.74) is 0.750. The second-order valence-electron chi connectivity index (χ2n) is 6.54. The van der Waals surface area contributed by atoms with Gasteiger partial charge in [0.1, 0.15) is 23.1 Å². The Kier molecular flexibility index (Phi) is 5.98. The molecule has 154 valence electrons. The molecule has 0 aliphatic heterocycles. The average molecular weight is 432 g/mol. The maximum absolute atomic E-state index is 14.2. The van der Waals surface area contributed by atoms with E-state index in [4.69, 9.17) is 11.6 Å². The standard InChI is InChI=1S/C21H16ClF2N3O3/c1-11-7-14(22)8-12(2)21(11)27-10-13(3-6-18(27)28)19(25-29)20(26-30)16-5-4-15(23)9-17(16)24/h3-10,29-30H,1-2H3. The fourth-order valence-electron chi connectivity index (χ4n) is 3.24. The van der Waals surface area contributed by atoms with Gasteiger partial charge in [0.05, 0.1) is 5.69 Å². The zero-order chi connectivity index (χ0) is 22.0. The highest BCUT2D eigenvalue weighted by atomic mass is 35.5. The highest BCUT2D eigenvalue weighted by Crippen LogP contribution is 2.23. The molecule has 0 aliphatic carbocycles. The summed E-state index contributed by atoms with van der Waals surface area (Å²) >= 11 is 6.06. The molecule has 2 aromatic carbocycles. The minimum atomic E-state index is -1.01. The minimum Gasteiger partial charge on any atom is -0.410 e. The van der Waals surface area contributed by atoms with Gasteiger partial charge in [-0.1, -0.05) is 21.9 Å². The number of aryl methyl sites for hydroxylation is 2. The van der Waals surface area contributed by atoms with Crippen molar-refractivity contribution < 1.29 is 19.2 Å². The maximum atomic E-state index is 14.2. The SMILES string of the molecule is Cc1cc(Cl)cc(C)c1-n1cc(C(=NO)C(=NO)c2ccc(F)cc2F)ccc1=O. The van der Waals surface area contributed by atoms with E-state index in [9.17, 15) is 24.0 Å². The lowest BCUT2D eigenvalue weighted by Crippen LogP contribution is -2.24. The third-order valence-electron chi connectivity index (χ3n) is 4.49. The molecule has 2 N–H and O–H groups in total. The van der Waals surface area contributed by atoms with Crippen LogP contribution in [0.15, 0.2) is 63.8 Å². The van der Waals surface area contributed by atoms with E-state index in [1.807, 2.05) is 0 Å². The monoisotopic (exact) mass is 431 g/mol. The van der Waals surface area contributed by atoms with Crippen LogP contribution in [0.2, 0.25) is 5.02 Å². The van der Waals surface area contributed by atoms with Crippen LogP contribution in [0.3, 0.4) is 0 Å². The van der Waals surface area contributed by atoms with Crippen LogP contribution in [0.25, 0.3) is 5.69 Å². The van der Waals surface area contributed by atoms with Gasteiger partial charge < -0.3 is 10.4 Å². The van der Waals surface area contributed by atoms with Crippen LogP contribution in [0.4, 0.5) is 8.78 Å². The molecule has 0 saturated carbocycles. The Labute approximate surface area is 175 Å². The minimum absolute atomic E-state index is 0.155. The summed E-state index contributed by atoms with van der Waals surface area (Å²) in [5, 5.41) is 25.7. The van der Waals surface area contributed by atoms with Crippen LogP contribution < -0.4 is 5.56 Å². The molecule has 0 aliphatic rings. The van der Waals surface area contributed by atoms with Crippen molar-refractivity contribution in [1.82, 2.24) is 4.57 Å². The van der Waals surface area contributed by atoms with E-state index in [0.29, 0.717) is 16.8 Å². The number of benzene rings is 2. The summed E-state index contributed by atoms with van der Waals surface area (Å²) in [6.45, 7) is 3.56. The van der Waals surface area contributed by atoms with Crippen molar-refractivity contribution >= 4 is 23.0 Å². The first-order valence-corrected chi connectivity index (χ1v) is 9.04. The van der Waals surface area contributed by atoms with Crippen molar-refractivity contribution in [3.63, 3.8) is 0 Å². The Hall–Kier alpha value is -3.52. The highest BCUT2D eigenvalue weighted by molar-refractivity contribution is 6.53. The van der Waals surface area contributed by atoms with E-state index in [2.05, 4.69) is 10.3 Å². The molecule has 3 aromatic rings. The summed E-state index contributed by atoms with van der Waals surface area (Å²) in [6, 6.07) is 8.58. The smallest absolute Gasteiger partial charge is 0.255 e. The van der Waals surface area contributed by atoms with Crippen molar-refractivity contribution in [2.75, 3.05) is 0 Å². The molecule has 0 saturated heterocycles. The van der Waals surface area contributed by atoms with Crippen molar-refractivity contribution in [3.8, 4) is 5.69 Å². The summed E-state index contributed by atoms with van der Waals surface area (Å²) < 4.78 is 28.8. The molecular weight excluding hydrogens is 416 g/mol. The maximum Gasteiger partial charge on any atom is 0.255 e. The first-order valence-electron chi connectivity index (χ1n) is 8.67. The Morgan fingerprint density at radius 1 is 0.967 bits per heavy atom. The lowest BCUT2D eigenvalue weighted by Gasteiger charge is -2.15.